The van der Waals surface area contributed by atoms with Gasteiger partial charge in [-0.15, -0.1) is 0 Å². The fraction of sp³-hybridized carbons (Fsp3) is 0.843. The smallest absolute Gasteiger partial charge is 0.309 e. The minimum Gasteiger partial charge on any atom is -0.463 e. The predicted octanol–water partition coefficient (Wildman–Crippen LogP) is 14.8. The summed E-state index contributed by atoms with van der Waals surface area (Å²) in [6.45, 7) is 8.95. The summed E-state index contributed by atoms with van der Waals surface area (Å²) >= 11 is 0. The largest absolute Gasteiger partial charge is 0.463 e. The Bertz CT molecular complexity index is 1370. The Balaban J connectivity index is 1.85. The Morgan fingerprint density at radius 3 is 1.48 bits per heavy atom. The van der Waals surface area contributed by atoms with Crippen molar-refractivity contribution >= 4 is 50.6 Å². The minimum absolute atomic E-state index is 0.0321. The molecule has 362 valence electrons. The van der Waals surface area contributed by atoms with Gasteiger partial charge in [-0.25, -0.2) is 15.0 Å². The highest BCUT2D eigenvalue weighted by Gasteiger charge is 2.25. The van der Waals surface area contributed by atoms with Crippen LogP contribution in [0.15, 0.2) is 17.7 Å². The molecule has 0 radical (unpaired) electrons. The lowest BCUT2D eigenvalue weighted by atomic mass is 9.94. The second-order valence-electron chi connectivity index (χ2n) is 18.0. The number of fused-ring (bicyclic) bond motifs is 1. The first-order chi connectivity index (χ1) is 30.9. The van der Waals surface area contributed by atoms with Crippen LogP contribution >= 0.6 is 21.6 Å². The number of carbonyl (C=O) groups is 3. The summed E-state index contributed by atoms with van der Waals surface area (Å²) in [5.41, 5.74) is 1.61. The number of carbonyl (C=O) groups excluding carboxylic acids is 3. The van der Waals surface area contributed by atoms with Crippen molar-refractivity contribution < 1.29 is 23.9 Å². The van der Waals surface area contributed by atoms with Gasteiger partial charge in [0, 0.05) is 12.2 Å². The number of unbranched alkanes of at least 4 members (excludes halogenated alkanes) is 23. The van der Waals surface area contributed by atoms with Crippen LogP contribution in [0.1, 0.15) is 240 Å². The molecule has 12 heteroatoms. The molecule has 0 aliphatic carbocycles. The molecule has 2 heterocycles. The lowest BCUT2D eigenvalue weighted by Crippen LogP contribution is -2.43. The van der Waals surface area contributed by atoms with Crippen LogP contribution in [-0.4, -0.2) is 62.8 Å². The lowest BCUT2D eigenvalue weighted by Gasteiger charge is -2.23. The number of amides is 1. The van der Waals surface area contributed by atoms with Gasteiger partial charge in [0.1, 0.15) is 30.1 Å². The average molecular weight is 918 g/mol. The molecule has 63 heavy (non-hydrogen) atoms. The second kappa shape index (κ2) is 40.0. The molecule has 0 saturated heterocycles. The number of nitrogens with one attached hydrogen (secondary N) is 2. The zero-order valence-electron chi connectivity index (χ0n) is 40.5. The van der Waals surface area contributed by atoms with Crippen LogP contribution in [0.5, 0.6) is 0 Å². The van der Waals surface area contributed by atoms with Gasteiger partial charge in [0.15, 0.2) is 5.65 Å². The summed E-state index contributed by atoms with van der Waals surface area (Å²) in [5, 5.41) is 4.05. The van der Waals surface area contributed by atoms with Crippen LogP contribution in [0.25, 0.3) is 11.2 Å². The number of rotatable bonds is 44. The highest BCUT2D eigenvalue weighted by atomic mass is 33.1. The standard InChI is InChI=1S/C51H91N5O5S2/c1-5-9-13-17-23-29-35-43(33-27-15-11-7-3)50(58)60-39-45(40-61-51(59)44(34-28-16-12-8-4)36-30-24-18-14-10-6-2)56-46(57)37-31-25-21-19-20-22-26-32-38-62-63-49-47-48(53-41-52-47)54-42-55-49/h41-45H,5-40H2,1-4H3,(H,56,57)(H,52,53,54,55). The highest BCUT2D eigenvalue weighted by molar-refractivity contribution is 8.76. The average Bonchev–Trinajstić information content (AvgIpc) is 3.78. The molecule has 10 nitrogen and oxygen atoms in total. The normalized spacial score (nSPS) is 13.0. The molecule has 2 atom stereocenters. The van der Waals surface area contributed by atoms with Crippen molar-refractivity contribution in [3.63, 3.8) is 0 Å². The third-order valence-corrected chi connectivity index (χ3v) is 14.6. The monoisotopic (exact) mass is 918 g/mol. The summed E-state index contributed by atoms with van der Waals surface area (Å²) < 4.78 is 12.0. The molecule has 2 aromatic rings. The first-order valence-corrected chi connectivity index (χ1v) is 28.3. The van der Waals surface area contributed by atoms with Crippen molar-refractivity contribution in [1.82, 2.24) is 25.3 Å². The number of aromatic amines is 1. The Hall–Kier alpha value is -2.34. The van der Waals surface area contributed by atoms with E-state index < -0.39 is 6.04 Å². The quantitative estimate of drug-likeness (QED) is 0.0286. The maximum atomic E-state index is 13.6. The van der Waals surface area contributed by atoms with E-state index in [4.69, 9.17) is 9.47 Å². The number of esters is 2. The number of hydrogen-bond donors (Lipinski definition) is 2. The number of hydrogen-bond acceptors (Lipinski definition) is 10. The number of nitrogens with zero attached hydrogens (tertiary/aromatic N) is 3. The van der Waals surface area contributed by atoms with E-state index in [2.05, 4.69) is 52.9 Å². The van der Waals surface area contributed by atoms with E-state index >= 15 is 0 Å². The van der Waals surface area contributed by atoms with Crippen LogP contribution < -0.4 is 5.32 Å². The van der Waals surface area contributed by atoms with E-state index in [9.17, 15) is 14.4 Å². The van der Waals surface area contributed by atoms with Gasteiger partial charge in [0.25, 0.3) is 0 Å². The van der Waals surface area contributed by atoms with Crippen LogP contribution in [0.3, 0.4) is 0 Å². The number of imidazole rings is 1. The number of ether oxygens (including phenoxy) is 2. The van der Waals surface area contributed by atoms with Crippen molar-refractivity contribution in [1.29, 1.82) is 0 Å². The zero-order chi connectivity index (χ0) is 45.4. The van der Waals surface area contributed by atoms with E-state index in [0.29, 0.717) is 12.1 Å². The molecule has 2 rings (SSSR count). The van der Waals surface area contributed by atoms with Gasteiger partial charge < -0.3 is 19.8 Å². The maximum absolute atomic E-state index is 13.6. The van der Waals surface area contributed by atoms with Crippen LogP contribution in [-0.2, 0) is 23.9 Å². The number of aromatic nitrogens is 4. The molecule has 2 N–H and O–H groups in total. The molecule has 1 amide bonds. The van der Waals surface area contributed by atoms with Crippen molar-refractivity contribution in [2.45, 2.75) is 251 Å². The van der Waals surface area contributed by atoms with Crippen molar-refractivity contribution in [3.8, 4) is 0 Å². The predicted molar refractivity (Wildman–Crippen MR) is 266 cm³/mol. The van der Waals surface area contributed by atoms with Gasteiger partial charge in [-0.2, -0.15) is 0 Å². The van der Waals surface area contributed by atoms with Gasteiger partial charge in [0.2, 0.25) is 5.91 Å². The van der Waals surface area contributed by atoms with E-state index in [1.165, 1.54) is 96.3 Å². The first-order valence-electron chi connectivity index (χ1n) is 26.0. The van der Waals surface area contributed by atoms with Gasteiger partial charge in [-0.1, -0.05) is 205 Å². The van der Waals surface area contributed by atoms with E-state index in [1.54, 1.807) is 23.4 Å². The highest BCUT2D eigenvalue weighted by Crippen LogP contribution is 2.33. The molecular formula is C51H91N5O5S2. The third-order valence-electron chi connectivity index (χ3n) is 12.2. The Morgan fingerprint density at radius 1 is 0.556 bits per heavy atom. The molecule has 0 aromatic carbocycles. The topological polar surface area (TPSA) is 136 Å². The molecule has 0 saturated carbocycles. The Morgan fingerprint density at radius 2 is 0.984 bits per heavy atom. The van der Waals surface area contributed by atoms with E-state index in [-0.39, 0.29) is 42.9 Å². The number of H-pyrrole nitrogens is 1. The summed E-state index contributed by atoms with van der Waals surface area (Å²) in [4.78, 5) is 56.4. The van der Waals surface area contributed by atoms with Crippen LogP contribution in [0.4, 0.5) is 0 Å². The molecule has 0 fully saturated rings. The maximum Gasteiger partial charge on any atom is 0.309 e. The van der Waals surface area contributed by atoms with Crippen molar-refractivity contribution in [2.24, 2.45) is 11.8 Å². The van der Waals surface area contributed by atoms with Crippen LogP contribution in [0, 0.1) is 11.8 Å². The van der Waals surface area contributed by atoms with Gasteiger partial charge in [-0.05, 0) is 49.3 Å². The molecule has 0 aliphatic heterocycles. The first kappa shape index (κ1) is 56.8. The SMILES string of the molecule is CCCCCCCCC(CCCCCC)C(=O)OCC(COC(=O)C(CCCCCC)CCCCCCCC)NC(=O)CCCCCCCCCCSSc1ncnc2nc[nH]c12. The Kier molecular flexibility index (Phi) is 36.0. The molecule has 2 aromatic heterocycles. The van der Waals surface area contributed by atoms with Gasteiger partial charge in [0.05, 0.1) is 24.2 Å². The third kappa shape index (κ3) is 29.0. The van der Waals surface area contributed by atoms with Gasteiger partial charge >= 0.3 is 11.9 Å². The summed E-state index contributed by atoms with van der Waals surface area (Å²) in [6.07, 6.45) is 39.2. The molecule has 0 bridgehead atoms. The second-order valence-corrected chi connectivity index (χ2v) is 20.4. The Labute approximate surface area is 392 Å². The summed E-state index contributed by atoms with van der Waals surface area (Å²) in [5.74, 6) is 0.426. The molecule has 0 aliphatic rings. The summed E-state index contributed by atoms with van der Waals surface area (Å²) in [6, 6.07) is -0.556. The van der Waals surface area contributed by atoms with Gasteiger partial charge in [-0.3, -0.25) is 14.4 Å². The summed E-state index contributed by atoms with van der Waals surface area (Å²) in [7, 11) is 3.51. The fourth-order valence-electron chi connectivity index (χ4n) is 8.18. The molecule has 2 unspecified atom stereocenters. The van der Waals surface area contributed by atoms with Crippen molar-refractivity contribution in [3.05, 3.63) is 12.7 Å². The molecule has 0 spiro atoms. The zero-order valence-corrected chi connectivity index (χ0v) is 42.2. The fourth-order valence-corrected chi connectivity index (χ4v) is 10.3. The minimum atomic E-state index is -0.556. The van der Waals surface area contributed by atoms with E-state index in [0.717, 1.165) is 125 Å². The van der Waals surface area contributed by atoms with Crippen molar-refractivity contribution in [2.75, 3.05) is 19.0 Å². The lowest BCUT2D eigenvalue weighted by molar-refractivity contribution is -0.154. The van der Waals surface area contributed by atoms with Crippen LogP contribution in [0.2, 0.25) is 0 Å². The van der Waals surface area contributed by atoms with E-state index in [1.807, 2.05) is 10.8 Å². The molecular weight excluding hydrogens is 827 g/mol.